The number of ether oxygens (including phenoxy) is 1. The van der Waals surface area contributed by atoms with Crippen molar-refractivity contribution in [2.75, 3.05) is 38.4 Å². The van der Waals surface area contributed by atoms with E-state index in [0.717, 1.165) is 18.7 Å². The highest BCUT2D eigenvalue weighted by Crippen LogP contribution is 2.05. The molecule has 0 radical (unpaired) electrons. The number of hydrogen-bond donors (Lipinski definition) is 3. The predicted octanol–water partition coefficient (Wildman–Crippen LogP) is 0.0874. The lowest BCUT2D eigenvalue weighted by atomic mass is 10.3. The van der Waals surface area contributed by atoms with E-state index in [2.05, 4.69) is 12.2 Å². The molecular weight excluding hydrogens is 214 g/mol. The Bertz CT molecular complexity index is 138. The summed E-state index contributed by atoms with van der Waals surface area (Å²) >= 11 is 1.63. The normalized spacial score (nSPS) is 15.2. The minimum atomic E-state index is -0.607. The van der Waals surface area contributed by atoms with Gasteiger partial charge in [0.25, 0.3) is 0 Å². The van der Waals surface area contributed by atoms with E-state index < -0.39 is 6.10 Å². The molecule has 0 bridgehead atoms. The Labute approximate surface area is 96.4 Å². The van der Waals surface area contributed by atoms with Gasteiger partial charge in [-0.15, -0.1) is 0 Å². The van der Waals surface area contributed by atoms with E-state index in [9.17, 15) is 0 Å². The van der Waals surface area contributed by atoms with Gasteiger partial charge in [0.15, 0.2) is 0 Å². The second kappa shape index (κ2) is 10.7. The smallest absolute Gasteiger partial charge is 0.0861 e. The van der Waals surface area contributed by atoms with E-state index in [4.69, 9.17) is 14.9 Å². The minimum Gasteiger partial charge on any atom is -0.394 e. The second-order valence-corrected chi connectivity index (χ2v) is 4.56. The average molecular weight is 237 g/mol. The van der Waals surface area contributed by atoms with Crippen LogP contribution in [0.15, 0.2) is 0 Å². The van der Waals surface area contributed by atoms with Crippen LogP contribution >= 0.6 is 11.8 Å². The third kappa shape index (κ3) is 9.14. The highest BCUT2D eigenvalue weighted by atomic mass is 32.2. The maximum atomic E-state index is 9.15. The molecule has 0 aliphatic heterocycles. The van der Waals surface area contributed by atoms with Crippen molar-refractivity contribution < 1.29 is 14.9 Å². The first-order chi connectivity index (χ1) is 7.24. The SMILES string of the molecule is CCCNC(COC)CSCC(O)CO. The van der Waals surface area contributed by atoms with Crippen LogP contribution in [0.2, 0.25) is 0 Å². The molecule has 3 N–H and O–H groups in total. The number of thioether (sulfide) groups is 1. The Morgan fingerprint density at radius 1 is 1.40 bits per heavy atom. The van der Waals surface area contributed by atoms with Crippen LogP contribution < -0.4 is 5.32 Å². The molecule has 0 heterocycles. The van der Waals surface area contributed by atoms with Gasteiger partial charge in [-0.25, -0.2) is 0 Å². The van der Waals surface area contributed by atoms with Crippen LogP contribution in [0.5, 0.6) is 0 Å². The molecule has 0 amide bonds. The fourth-order valence-corrected chi connectivity index (χ4v) is 2.13. The van der Waals surface area contributed by atoms with Crippen LogP contribution in [0.3, 0.4) is 0 Å². The van der Waals surface area contributed by atoms with E-state index in [1.54, 1.807) is 18.9 Å². The van der Waals surface area contributed by atoms with Gasteiger partial charge in [0.2, 0.25) is 0 Å². The first-order valence-electron chi connectivity index (χ1n) is 5.33. The summed E-state index contributed by atoms with van der Waals surface area (Å²) < 4.78 is 5.10. The zero-order valence-corrected chi connectivity index (χ0v) is 10.4. The first-order valence-corrected chi connectivity index (χ1v) is 6.49. The van der Waals surface area contributed by atoms with E-state index in [1.165, 1.54) is 0 Å². The minimum absolute atomic E-state index is 0.162. The van der Waals surface area contributed by atoms with Gasteiger partial charge in [0, 0.05) is 24.7 Å². The van der Waals surface area contributed by atoms with Gasteiger partial charge in [-0.3, -0.25) is 0 Å². The summed E-state index contributed by atoms with van der Waals surface area (Å²) in [5.41, 5.74) is 0. The molecule has 0 aromatic heterocycles. The highest BCUT2D eigenvalue weighted by molar-refractivity contribution is 7.99. The maximum Gasteiger partial charge on any atom is 0.0861 e. The summed E-state index contributed by atoms with van der Waals surface area (Å²) in [6.07, 6.45) is 0.494. The number of methoxy groups -OCH3 is 1. The first kappa shape index (κ1) is 15.2. The Morgan fingerprint density at radius 2 is 2.13 bits per heavy atom. The van der Waals surface area contributed by atoms with Crippen LogP contribution in [0.25, 0.3) is 0 Å². The Morgan fingerprint density at radius 3 is 2.67 bits per heavy atom. The molecule has 0 spiro atoms. The summed E-state index contributed by atoms with van der Waals surface area (Å²) in [7, 11) is 1.69. The third-order valence-electron chi connectivity index (χ3n) is 1.89. The van der Waals surface area contributed by atoms with Gasteiger partial charge in [0.1, 0.15) is 0 Å². The van der Waals surface area contributed by atoms with E-state index in [1.807, 2.05) is 0 Å². The van der Waals surface area contributed by atoms with E-state index in [-0.39, 0.29) is 6.61 Å². The summed E-state index contributed by atoms with van der Waals surface area (Å²) in [4.78, 5) is 0. The van der Waals surface area contributed by atoms with Gasteiger partial charge < -0.3 is 20.3 Å². The third-order valence-corrected chi connectivity index (χ3v) is 3.15. The molecule has 0 fully saturated rings. The lowest BCUT2D eigenvalue weighted by molar-refractivity contribution is 0.113. The van der Waals surface area contributed by atoms with Crippen molar-refractivity contribution in [2.45, 2.75) is 25.5 Å². The molecule has 0 aliphatic carbocycles. The van der Waals surface area contributed by atoms with Crippen molar-refractivity contribution in [1.82, 2.24) is 5.32 Å². The molecule has 92 valence electrons. The topological polar surface area (TPSA) is 61.7 Å². The Hall–Kier alpha value is 0.190. The quantitative estimate of drug-likeness (QED) is 0.502. The summed E-state index contributed by atoms with van der Waals surface area (Å²) in [5, 5.41) is 21.2. The molecule has 2 unspecified atom stereocenters. The zero-order valence-electron chi connectivity index (χ0n) is 9.61. The van der Waals surface area contributed by atoms with Gasteiger partial charge in [-0.2, -0.15) is 11.8 Å². The number of aliphatic hydroxyl groups is 2. The van der Waals surface area contributed by atoms with Gasteiger partial charge in [-0.05, 0) is 13.0 Å². The average Bonchev–Trinajstić information content (AvgIpc) is 2.25. The van der Waals surface area contributed by atoms with Gasteiger partial charge in [0.05, 0.1) is 19.3 Å². The molecule has 0 aromatic carbocycles. The summed E-state index contributed by atoms with van der Waals surface area (Å²) in [6, 6.07) is 0.325. The fourth-order valence-electron chi connectivity index (χ4n) is 1.11. The van der Waals surface area contributed by atoms with Crippen LogP contribution in [0.4, 0.5) is 0 Å². The number of hydrogen-bond acceptors (Lipinski definition) is 5. The lowest BCUT2D eigenvalue weighted by Crippen LogP contribution is -2.36. The van der Waals surface area contributed by atoms with Crippen molar-refractivity contribution in [1.29, 1.82) is 0 Å². The molecule has 4 nitrogen and oxygen atoms in total. The van der Waals surface area contributed by atoms with Gasteiger partial charge in [-0.1, -0.05) is 6.92 Å². The van der Waals surface area contributed by atoms with Crippen LogP contribution in [-0.4, -0.2) is 60.7 Å². The summed E-state index contributed by atoms with van der Waals surface area (Å²) in [5.74, 6) is 1.47. The number of rotatable bonds is 10. The van der Waals surface area contributed by atoms with Crippen molar-refractivity contribution in [2.24, 2.45) is 0 Å². The monoisotopic (exact) mass is 237 g/mol. The molecule has 0 rings (SSSR count). The van der Waals surface area contributed by atoms with Crippen LogP contribution in [0, 0.1) is 0 Å². The van der Waals surface area contributed by atoms with Crippen molar-refractivity contribution in [3.8, 4) is 0 Å². The van der Waals surface area contributed by atoms with E-state index >= 15 is 0 Å². The highest BCUT2D eigenvalue weighted by Gasteiger charge is 2.09. The van der Waals surface area contributed by atoms with Crippen molar-refractivity contribution in [3.63, 3.8) is 0 Å². The molecule has 5 heteroatoms. The summed E-state index contributed by atoms with van der Waals surface area (Å²) in [6.45, 7) is 3.63. The number of nitrogens with one attached hydrogen (secondary N) is 1. The largest absolute Gasteiger partial charge is 0.394 e. The second-order valence-electron chi connectivity index (χ2n) is 3.48. The standard InChI is InChI=1S/C10H23NO3S/c1-3-4-11-9(6-14-2)7-15-8-10(13)5-12/h9-13H,3-8H2,1-2H3. The Balaban J connectivity index is 3.55. The molecule has 15 heavy (non-hydrogen) atoms. The molecule has 2 atom stereocenters. The molecule has 0 saturated heterocycles. The zero-order chi connectivity index (χ0) is 11.5. The Kier molecular flexibility index (Phi) is 10.8. The molecule has 0 saturated carbocycles. The predicted molar refractivity (Wildman–Crippen MR) is 64.4 cm³/mol. The molecular formula is C10H23NO3S. The molecule has 0 aromatic rings. The number of aliphatic hydroxyl groups excluding tert-OH is 2. The maximum absolute atomic E-state index is 9.15. The lowest BCUT2D eigenvalue weighted by Gasteiger charge is -2.17. The van der Waals surface area contributed by atoms with Gasteiger partial charge >= 0.3 is 0 Å². The van der Waals surface area contributed by atoms with Crippen LogP contribution in [-0.2, 0) is 4.74 Å². The van der Waals surface area contributed by atoms with Crippen LogP contribution in [0.1, 0.15) is 13.3 Å². The van der Waals surface area contributed by atoms with Crippen molar-refractivity contribution >= 4 is 11.8 Å². The van der Waals surface area contributed by atoms with E-state index in [0.29, 0.717) is 18.4 Å². The molecule has 0 aliphatic rings. The fraction of sp³-hybridized carbons (Fsp3) is 1.00. The van der Waals surface area contributed by atoms with Crippen molar-refractivity contribution in [3.05, 3.63) is 0 Å².